The highest BCUT2D eigenvalue weighted by Crippen LogP contribution is 2.55. The summed E-state index contributed by atoms with van der Waals surface area (Å²) >= 11 is 10.6. The Balaban J connectivity index is 1.56. The second-order valence-corrected chi connectivity index (χ2v) is 14.6. The van der Waals surface area contributed by atoms with Gasteiger partial charge >= 0.3 is 7.60 Å². The van der Waals surface area contributed by atoms with Crippen molar-refractivity contribution in [2.45, 2.75) is 37.5 Å². The predicted molar refractivity (Wildman–Crippen MR) is 136 cm³/mol. The van der Waals surface area contributed by atoms with Crippen LogP contribution in [-0.4, -0.2) is 70.5 Å². The monoisotopic (exact) mass is 596 g/mol. The van der Waals surface area contributed by atoms with Gasteiger partial charge in [0.25, 0.3) is 0 Å². The van der Waals surface area contributed by atoms with Crippen LogP contribution in [-0.2, 0) is 25.6 Å². The van der Waals surface area contributed by atoms with Gasteiger partial charge in [0, 0.05) is 5.56 Å². The molecule has 6 atom stereocenters. The van der Waals surface area contributed by atoms with Crippen molar-refractivity contribution >= 4 is 54.2 Å². The Labute approximate surface area is 220 Å². The van der Waals surface area contributed by atoms with Gasteiger partial charge in [0.15, 0.2) is 18.4 Å². The molecule has 202 valence electrons. The number of ether oxygens (including phenoxy) is 1. The smallest absolute Gasteiger partial charge is 0.337 e. The zero-order valence-electron chi connectivity index (χ0n) is 19.1. The zero-order valence-corrected chi connectivity index (χ0v) is 22.5. The molecule has 0 radical (unpaired) electrons. The molecule has 0 spiro atoms. The van der Waals surface area contributed by atoms with E-state index in [0.717, 1.165) is 0 Å². The molecule has 0 bridgehead atoms. The minimum atomic E-state index is -4.50. The van der Waals surface area contributed by atoms with E-state index in [-0.39, 0.29) is 16.6 Å². The second kappa shape index (κ2) is 10.9. The number of rotatable bonds is 9. The number of hydrogen-bond donors (Lipinski definition) is 6. The first-order valence-electron chi connectivity index (χ1n) is 10.8. The van der Waals surface area contributed by atoms with Crippen LogP contribution in [0.15, 0.2) is 36.5 Å². The standard InChI is InChI=1S/C20H24ClFN4O8P2S/c1-10(11-4-2-3-5-13(11)22)24-14-6-16(21)25-19-12(14)7-23-26(19)20-18(28)17(27)15(34-20)8-33-35(29,30)9-36(31,32)37/h2-7,10,15,17-18,20,27-28H,8-9H2,1H3,(H,24,25)(H,29,30)(H2,31,32,37)/t10-,15+,17+,18+,20+/m0/s1. The van der Waals surface area contributed by atoms with Crippen molar-refractivity contribution in [3.8, 4) is 0 Å². The van der Waals surface area contributed by atoms with Crippen molar-refractivity contribution in [1.29, 1.82) is 0 Å². The Kier molecular flexibility index (Phi) is 8.40. The number of anilines is 1. The van der Waals surface area contributed by atoms with Crippen molar-refractivity contribution in [3.63, 3.8) is 0 Å². The third kappa shape index (κ3) is 6.55. The summed E-state index contributed by atoms with van der Waals surface area (Å²) < 4.78 is 38.0. The maximum absolute atomic E-state index is 14.2. The van der Waals surface area contributed by atoms with Crippen LogP contribution in [0.5, 0.6) is 0 Å². The van der Waals surface area contributed by atoms with Crippen LogP contribution in [0.3, 0.4) is 0 Å². The summed E-state index contributed by atoms with van der Waals surface area (Å²) in [7, 11) is -4.50. The highest BCUT2D eigenvalue weighted by molar-refractivity contribution is 8.11. The van der Waals surface area contributed by atoms with Crippen molar-refractivity contribution in [2.24, 2.45) is 0 Å². The summed E-state index contributed by atoms with van der Waals surface area (Å²) in [6.45, 7) is -2.91. The van der Waals surface area contributed by atoms with Crippen molar-refractivity contribution < 1.29 is 43.1 Å². The number of nitrogens with zero attached hydrogens (tertiary/aromatic N) is 3. The lowest BCUT2D eigenvalue weighted by atomic mass is 10.1. The Morgan fingerprint density at radius 2 is 2.00 bits per heavy atom. The van der Waals surface area contributed by atoms with Gasteiger partial charge < -0.3 is 39.5 Å². The topological polar surface area (TPSA) is 179 Å². The summed E-state index contributed by atoms with van der Waals surface area (Å²) in [6, 6.07) is 7.38. The average Bonchev–Trinajstić information content (AvgIpc) is 3.32. The highest BCUT2D eigenvalue weighted by atomic mass is 35.5. The lowest BCUT2D eigenvalue weighted by Gasteiger charge is -2.19. The summed E-state index contributed by atoms with van der Waals surface area (Å²) in [5.41, 5.74) is 1.09. The van der Waals surface area contributed by atoms with Crippen LogP contribution in [0.4, 0.5) is 10.1 Å². The van der Waals surface area contributed by atoms with Gasteiger partial charge in [0.2, 0.25) is 0 Å². The number of aromatic nitrogens is 3. The maximum atomic E-state index is 14.2. The van der Waals surface area contributed by atoms with E-state index in [4.69, 9.17) is 20.9 Å². The van der Waals surface area contributed by atoms with Crippen molar-refractivity contribution in [2.75, 3.05) is 17.8 Å². The fourth-order valence-corrected chi connectivity index (χ4v) is 8.03. The molecule has 2 aromatic heterocycles. The molecule has 37 heavy (non-hydrogen) atoms. The van der Waals surface area contributed by atoms with Gasteiger partial charge in [-0.3, -0.25) is 4.57 Å². The van der Waals surface area contributed by atoms with E-state index in [1.807, 2.05) is 0 Å². The molecule has 0 amide bonds. The van der Waals surface area contributed by atoms with Gasteiger partial charge in [-0.1, -0.05) is 29.8 Å². The van der Waals surface area contributed by atoms with Gasteiger partial charge in [-0.25, -0.2) is 14.1 Å². The van der Waals surface area contributed by atoms with E-state index < -0.39 is 57.2 Å². The van der Waals surface area contributed by atoms with Crippen LogP contribution in [0.2, 0.25) is 5.15 Å². The highest BCUT2D eigenvalue weighted by Gasteiger charge is 2.46. The minimum Gasteiger partial charge on any atom is -0.387 e. The molecular weight excluding hydrogens is 573 g/mol. The minimum absolute atomic E-state index is 0.0651. The molecule has 17 heteroatoms. The van der Waals surface area contributed by atoms with Gasteiger partial charge in [-0.05, 0) is 30.9 Å². The molecule has 1 unspecified atom stereocenters. The summed E-state index contributed by atoms with van der Waals surface area (Å²) in [5, 5.41) is 29.0. The van der Waals surface area contributed by atoms with Crippen LogP contribution >= 0.6 is 25.7 Å². The van der Waals surface area contributed by atoms with E-state index in [2.05, 4.69) is 27.2 Å². The number of hydrogen-bond acceptors (Lipinski definition) is 9. The molecule has 4 rings (SSSR count). The molecular formula is C20H24ClFN4O8P2S. The van der Waals surface area contributed by atoms with Crippen LogP contribution < -0.4 is 5.32 Å². The van der Waals surface area contributed by atoms with Gasteiger partial charge in [-0.2, -0.15) is 5.10 Å². The largest absolute Gasteiger partial charge is 0.387 e. The Bertz CT molecular complexity index is 1390. The fraction of sp³-hybridized carbons (Fsp3) is 0.400. The molecule has 1 aromatic carbocycles. The van der Waals surface area contributed by atoms with Gasteiger partial charge in [0.1, 0.15) is 35.2 Å². The normalized spacial score (nSPS) is 24.8. The lowest BCUT2D eigenvalue weighted by Crippen LogP contribution is -2.33. The molecule has 3 heterocycles. The molecule has 12 nitrogen and oxygen atoms in total. The number of aliphatic hydroxyl groups excluding tert-OH is 2. The average molecular weight is 597 g/mol. The molecule has 1 saturated heterocycles. The number of fused-ring (bicyclic) bond motifs is 1. The van der Waals surface area contributed by atoms with Crippen LogP contribution in [0.25, 0.3) is 11.0 Å². The SMILES string of the molecule is C[C@H](Nc1cc(Cl)nc2c1cnn2[C@@H]1O[C@H](COP(=O)(O)CP(O)(O)=S)[C@@H](O)[C@H]1O)c1ccccc1F. The summed E-state index contributed by atoms with van der Waals surface area (Å²) in [5.74, 6) is -1.43. The zero-order chi connectivity index (χ0) is 27.1. The molecule has 1 aliphatic heterocycles. The molecule has 6 N–H and O–H groups in total. The van der Waals surface area contributed by atoms with Crippen LogP contribution in [0, 0.1) is 5.82 Å². The number of halogens is 2. The van der Waals surface area contributed by atoms with Crippen molar-refractivity contribution in [3.05, 3.63) is 53.1 Å². The first-order valence-corrected chi connectivity index (χ1v) is 15.9. The molecule has 1 fully saturated rings. The van der Waals surface area contributed by atoms with E-state index in [9.17, 15) is 33.8 Å². The van der Waals surface area contributed by atoms with Crippen LogP contribution in [0.1, 0.15) is 24.8 Å². The van der Waals surface area contributed by atoms with Gasteiger partial charge in [-0.15, -0.1) is 0 Å². The number of aliphatic hydroxyl groups is 2. The van der Waals surface area contributed by atoms with E-state index in [1.165, 1.54) is 23.0 Å². The summed E-state index contributed by atoms with van der Waals surface area (Å²) in [6.07, 6.45) is -4.20. The quantitative estimate of drug-likeness (QED) is 0.157. The first kappa shape index (κ1) is 28.5. The molecule has 1 aliphatic rings. The third-order valence-electron chi connectivity index (χ3n) is 5.66. The summed E-state index contributed by atoms with van der Waals surface area (Å²) in [4.78, 5) is 32.6. The second-order valence-electron chi connectivity index (χ2n) is 8.49. The van der Waals surface area contributed by atoms with Gasteiger partial charge in [0.05, 0.1) is 29.9 Å². The van der Waals surface area contributed by atoms with E-state index in [0.29, 0.717) is 16.6 Å². The Morgan fingerprint density at radius 3 is 2.68 bits per heavy atom. The number of pyridine rings is 1. The number of nitrogens with one attached hydrogen (secondary N) is 1. The Hall–Kier alpha value is -1.54. The molecule has 0 saturated carbocycles. The molecule has 3 aromatic rings. The maximum Gasteiger partial charge on any atom is 0.337 e. The van der Waals surface area contributed by atoms with E-state index >= 15 is 0 Å². The third-order valence-corrected chi connectivity index (χ3v) is 10.3. The first-order chi connectivity index (χ1) is 17.3. The predicted octanol–water partition coefficient (Wildman–Crippen LogP) is 2.47. The Morgan fingerprint density at radius 1 is 1.30 bits per heavy atom. The van der Waals surface area contributed by atoms with Crippen molar-refractivity contribution in [1.82, 2.24) is 14.8 Å². The lowest BCUT2D eigenvalue weighted by molar-refractivity contribution is -0.0541. The van der Waals surface area contributed by atoms with E-state index in [1.54, 1.807) is 25.1 Å². The number of benzene rings is 1. The fourth-order valence-electron chi connectivity index (χ4n) is 3.96. The molecule has 0 aliphatic carbocycles.